The van der Waals surface area contributed by atoms with E-state index < -0.39 is 5.60 Å². The molecule has 0 amide bonds. The van der Waals surface area contributed by atoms with Gasteiger partial charge in [0.25, 0.3) is 0 Å². The van der Waals surface area contributed by atoms with Crippen molar-refractivity contribution >= 4 is 5.82 Å². The molecule has 0 unspecified atom stereocenters. The predicted octanol–water partition coefficient (Wildman–Crippen LogP) is 3.16. The molecule has 1 fully saturated rings. The third-order valence-electron chi connectivity index (χ3n) is 3.77. The van der Waals surface area contributed by atoms with Gasteiger partial charge in [-0.2, -0.15) is 0 Å². The number of anilines is 1. The van der Waals surface area contributed by atoms with Crippen molar-refractivity contribution in [2.45, 2.75) is 51.6 Å². The van der Waals surface area contributed by atoms with Gasteiger partial charge in [-0.1, -0.05) is 6.92 Å². The number of hydrogen-bond donors (Lipinski definition) is 1. The first-order chi connectivity index (χ1) is 9.13. The van der Waals surface area contributed by atoms with Gasteiger partial charge in [-0.05, 0) is 39.0 Å². The van der Waals surface area contributed by atoms with E-state index in [1.165, 1.54) is 0 Å². The van der Waals surface area contributed by atoms with Gasteiger partial charge in [0.05, 0.1) is 5.69 Å². The summed E-state index contributed by atoms with van der Waals surface area (Å²) in [6.07, 6.45) is 4.94. The molecule has 1 aromatic heterocycles. The topological polar surface area (TPSA) is 47.0 Å². The fourth-order valence-corrected chi connectivity index (χ4v) is 2.59. The number of aromatic nitrogens is 2. The Bertz CT molecular complexity index is 445. The minimum absolute atomic E-state index is 0.299. The highest BCUT2D eigenvalue weighted by Crippen LogP contribution is 2.40. The van der Waals surface area contributed by atoms with Crippen LogP contribution in [0.4, 0.5) is 10.2 Å². The Morgan fingerprint density at radius 1 is 1.32 bits per heavy atom. The second kappa shape index (κ2) is 5.82. The first-order valence-electron chi connectivity index (χ1n) is 6.96. The molecule has 0 aliphatic heterocycles. The van der Waals surface area contributed by atoms with Crippen LogP contribution in [-0.4, -0.2) is 23.6 Å². The summed E-state index contributed by atoms with van der Waals surface area (Å²) in [5.41, 5.74) is -0.0480. The number of nitrogens with one attached hydrogen (secondary N) is 1. The van der Waals surface area contributed by atoms with Gasteiger partial charge in [0.2, 0.25) is 0 Å². The van der Waals surface area contributed by atoms with Crippen LogP contribution in [0, 0.1) is 12.7 Å². The molecule has 106 valence electrons. The summed E-state index contributed by atoms with van der Waals surface area (Å²) in [6, 6.07) is 0. The number of halogens is 1. The summed E-state index contributed by atoms with van der Waals surface area (Å²) in [5.74, 6) is 0.555. The molecule has 0 atom stereocenters. The summed E-state index contributed by atoms with van der Waals surface area (Å²) < 4.78 is 19.7. The van der Waals surface area contributed by atoms with E-state index in [0.717, 1.165) is 32.1 Å². The van der Waals surface area contributed by atoms with Crippen LogP contribution in [-0.2, 0) is 10.3 Å². The zero-order valence-electron chi connectivity index (χ0n) is 11.9. The zero-order valence-corrected chi connectivity index (χ0v) is 11.9. The Kier molecular flexibility index (Phi) is 4.34. The van der Waals surface area contributed by atoms with Crippen molar-refractivity contribution < 1.29 is 9.13 Å². The van der Waals surface area contributed by atoms with Crippen molar-refractivity contribution in [2.24, 2.45) is 0 Å². The van der Waals surface area contributed by atoms with E-state index in [2.05, 4.69) is 15.3 Å². The highest BCUT2D eigenvalue weighted by molar-refractivity contribution is 5.39. The Hall–Kier alpha value is -1.23. The maximum atomic E-state index is 14.0. The maximum absolute atomic E-state index is 14.0. The zero-order chi connectivity index (χ0) is 13.9. The standard InChI is InChI=1S/C14H22FN3O/c1-4-9-16-12-11(15)10(2)17-13(18-12)14(19-3)7-5-6-8-14/h4-9H2,1-3H3,(H,16,17,18). The summed E-state index contributed by atoms with van der Waals surface area (Å²) >= 11 is 0. The lowest BCUT2D eigenvalue weighted by Gasteiger charge is -2.26. The van der Waals surface area contributed by atoms with Crippen LogP contribution in [0.3, 0.4) is 0 Å². The first-order valence-corrected chi connectivity index (χ1v) is 6.96. The smallest absolute Gasteiger partial charge is 0.186 e. The highest BCUT2D eigenvalue weighted by atomic mass is 19.1. The van der Waals surface area contributed by atoms with Crippen molar-refractivity contribution in [3.05, 3.63) is 17.3 Å². The highest BCUT2D eigenvalue weighted by Gasteiger charge is 2.39. The van der Waals surface area contributed by atoms with E-state index in [9.17, 15) is 4.39 Å². The molecule has 1 heterocycles. The van der Waals surface area contributed by atoms with Crippen LogP contribution >= 0.6 is 0 Å². The van der Waals surface area contributed by atoms with Gasteiger partial charge in [-0.3, -0.25) is 0 Å². The molecule has 0 aromatic carbocycles. The fourth-order valence-electron chi connectivity index (χ4n) is 2.59. The minimum Gasteiger partial charge on any atom is -0.370 e. The molecule has 0 bridgehead atoms. The van der Waals surface area contributed by atoms with Crippen LogP contribution in [0.1, 0.15) is 50.5 Å². The molecule has 5 heteroatoms. The van der Waals surface area contributed by atoms with Crippen molar-refractivity contribution in [3.8, 4) is 0 Å². The van der Waals surface area contributed by atoms with Gasteiger partial charge in [0.1, 0.15) is 5.60 Å². The van der Waals surface area contributed by atoms with Gasteiger partial charge >= 0.3 is 0 Å². The van der Waals surface area contributed by atoms with E-state index in [-0.39, 0.29) is 5.82 Å². The number of methoxy groups -OCH3 is 1. The van der Waals surface area contributed by atoms with E-state index in [1.807, 2.05) is 6.92 Å². The quantitative estimate of drug-likeness (QED) is 0.890. The molecule has 4 nitrogen and oxygen atoms in total. The van der Waals surface area contributed by atoms with E-state index >= 15 is 0 Å². The Labute approximate surface area is 113 Å². The average molecular weight is 267 g/mol. The Morgan fingerprint density at radius 3 is 2.58 bits per heavy atom. The van der Waals surface area contributed by atoms with Crippen LogP contribution in [0.5, 0.6) is 0 Å². The lowest BCUT2D eigenvalue weighted by atomic mass is 10.0. The second-order valence-corrected chi connectivity index (χ2v) is 5.13. The monoisotopic (exact) mass is 267 g/mol. The van der Waals surface area contributed by atoms with Crippen molar-refractivity contribution in [2.75, 3.05) is 19.0 Å². The summed E-state index contributed by atoms with van der Waals surface area (Å²) in [7, 11) is 1.69. The molecule has 1 aliphatic carbocycles. The average Bonchev–Trinajstić information content (AvgIpc) is 2.90. The van der Waals surface area contributed by atoms with Crippen molar-refractivity contribution in [3.63, 3.8) is 0 Å². The first kappa shape index (κ1) is 14.2. The number of ether oxygens (including phenoxy) is 1. The SMILES string of the molecule is CCCNc1nc(C2(OC)CCCC2)nc(C)c1F. The Balaban J connectivity index is 2.37. The minimum atomic E-state index is -0.429. The van der Waals surface area contributed by atoms with Gasteiger partial charge in [0.15, 0.2) is 17.5 Å². The molecule has 0 saturated heterocycles. The van der Waals surface area contributed by atoms with E-state index in [0.29, 0.717) is 23.9 Å². The molecular formula is C14H22FN3O. The molecule has 1 saturated carbocycles. The lowest BCUT2D eigenvalue weighted by molar-refractivity contribution is -0.0164. The van der Waals surface area contributed by atoms with E-state index in [1.54, 1.807) is 14.0 Å². The summed E-state index contributed by atoms with van der Waals surface area (Å²) in [4.78, 5) is 8.69. The molecule has 19 heavy (non-hydrogen) atoms. The number of aryl methyl sites for hydroxylation is 1. The summed E-state index contributed by atoms with van der Waals surface area (Å²) in [6.45, 7) is 4.41. The third-order valence-corrected chi connectivity index (χ3v) is 3.77. The van der Waals surface area contributed by atoms with Crippen LogP contribution in [0.25, 0.3) is 0 Å². The second-order valence-electron chi connectivity index (χ2n) is 5.13. The van der Waals surface area contributed by atoms with Crippen LogP contribution < -0.4 is 5.32 Å². The van der Waals surface area contributed by atoms with Crippen LogP contribution in [0.2, 0.25) is 0 Å². The molecule has 1 aromatic rings. The van der Waals surface area contributed by atoms with Crippen molar-refractivity contribution in [1.82, 2.24) is 9.97 Å². The number of nitrogens with zero attached hydrogens (tertiary/aromatic N) is 2. The molecule has 1 N–H and O–H groups in total. The molecular weight excluding hydrogens is 245 g/mol. The molecule has 2 rings (SSSR count). The normalized spacial score (nSPS) is 17.7. The fraction of sp³-hybridized carbons (Fsp3) is 0.714. The number of hydrogen-bond acceptors (Lipinski definition) is 4. The maximum Gasteiger partial charge on any atom is 0.186 e. The predicted molar refractivity (Wildman–Crippen MR) is 72.7 cm³/mol. The van der Waals surface area contributed by atoms with E-state index in [4.69, 9.17) is 4.74 Å². The third kappa shape index (κ3) is 2.71. The van der Waals surface area contributed by atoms with Crippen molar-refractivity contribution in [1.29, 1.82) is 0 Å². The van der Waals surface area contributed by atoms with Gasteiger partial charge in [-0.15, -0.1) is 0 Å². The van der Waals surface area contributed by atoms with Gasteiger partial charge in [0, 0.05) is 13.7 Å². The van der Waals surface area contributed by atoms with Gasteiger partial charge < -0.3 is 10.1 Å². The molecule has 0 spiro atoms. The molecule has 1 aliphatic rings. The number of rotatable bonds is 5. The van der Waals surface area contributed by atoms with Crippen LogP contribution in [0.15, 0.2) is 0 Å². The summed E-state index contributed by atoms with van der Waals surface area (Å²) in [5, 5.41) is 3.03. The lowest BCUT2D eigenvalue weighted by Crippen LogP contribution is -2.28. The Morgan fingerprint density at radius 2 is 2.00 bits per heavy atom. The molecule has 0 radical (unpaired) electrons. The largest absolute Gasteiger partial charge is 0.370 e. The van der Waals surface area contributed by atoms with Gasteiger partial charge in [-0.25, -0.2) is 14.4 Å².